The Morgan fingerprint density at radius 1 is 1.02 bits per heavy atom. The second kappa shape index (κ2) is 9.82. The molecule has 41 heavy (non-hydrogen) atoms. The van der Waals surface area contributed by atoms with Crippen molar-refractivity contribution in [2.24, 2.45) is 5.41 Å². The molecule has 1 unspecified atom stereocenters. The summed E-state index contributed by atoms with van der Waals surface area (Å²) in [5.74, 6) is -5.50. The first-order valence-corrected chi connectivity index (χ1v) is 14.8. The monoisotopic (exact) mass is 614 g/mol. The summed E-state index contributed by atoms with van der Waals surface area (Å²) in [5.41, 5.74) is -1.19. The number of alkyl halides is 2. The molecule has 2 aromatic rings. The molecule has 2 amide bonds. The summed E-state index contributed by atoms with van der Waals surface area (Å²) in [4.78, 5) is 30.2. The fraction of sp³-hybridized carbons (Fsp3) is 0.500. The quantitative estimate of drug-likeness (QED) is 0.329. The first-order valence-electron chi connectivity index (χ1n) is 12.9. The van der Waals surface area contributed by atoms with Gasteiger partial charge in [-0.3, -0.25) is 19.5 Å². The van der Waals surface area contributed by atoms with E-state index in [1.807, 2.05) is 0 Å². The van der Waals surface area contributed by atoms with E-state index in [0.717, 1.165) is 23.4 Å². The van der Waals surface area contributed by atoms with Crippen LogP contribution in [0.1, 0.15) is 57.6 Å². The van der Waals surface area contributed by atoms with Crippen LogP contribution < -0.4 is 15.5 Å². The first kappa shape index (κ1) is 31.0. The number of hydrogen-bond acceptors (Lipinski definition) is 4. The highest BCUT2D eigenvalue weighted by Gasteiger charge is 2.65. The van der Waals surface area contributed by atoms with E-state index in [4.69, 9.17) is 0 Å². The molecular formula is C26H30F8N4O2S. The predicted octanol–water partition coefficient (Wildman–Crippen LogP) is 7.03. The zero-order valence-electron chi connectivity index (χ0n) is 22.2. The van der Waals surface area contributed by atoms with Gasteiger partial charge in [0.15, 0.2) is 0 Å². The van der Waals surface area contributed by atoms with E-state index in [0.29, 0.717) is 25.1 Å². The first-order chi connectivity index (χ1) is 18.7. The Kier molecular flexibility index (Phi) is 7.42. The summed E-state index contributed by atoms with van der Waals surface area (Å²) in [6.07, 6.45) is 1.27. The van der Waals surface area contributed by atoms with Crippen molar-refractivity contribution in [1.82, 2.24) is 15.6 Å². The topological polar surface area (TPSA) is 74.3 Å². The summed E-state index contributed by atoms with van der Waals surface area (Å²) in [6, 6.07) is -0.982. The minimum absolute atomic E-state index is 0.0867. The Morgan fingerprint density at radius 3 is 2.15 bits per heavy atom. The van der Waals surface area contributed by atoms with Crippen LogP contribution >= 0.6 is 10.2 Å². The fourth-order valence-electron chi connectivity index (χ4n) is 5.25. The van der Waals surface area contributed by atoms with Crippen LogP contribution in [-0.4, -0.2) is 41.3 Å². The number of carbonyl (C=O) groups excluding carboxylic acids is 2. The van der Waals surface area contributed by atoms with Gasteiger partial charge in [-0.05, 0) is 61.6 Å². The molecule has 0 spiro atoms. The lowest BCUT2D eigenvalue weighted by Crippen LogP contribution is -2.54. The van der Waals surface area contributed by atoms with E-state index in [1.54, 1.807) is 13.8 Å². The summed E-state index contributed by atoms with van der Waals surface area (Å²) >= 11 is 0. The van der Waals surface area contributed by atoms with Crippen molar-refractivity contribution < 1.29 is 42.2 Å². The van der Waals surface area contributed by atoms with Crippen LogP contribution in [-0.2, 0) is 9.59 Å². The average Bonchev–Trinajstić information content (AvgIpc) is 3.21. The molecule has 2 N–H and O–H groups in total. The fourth-order valence-corrected chi connectivity index (χ4v) is 5.90. The van der Waals surface area contributed by atoms with Gasteiger partial charge in [0.1, 0.15) is 16.8 Å². The molecule has 0 radical (unpaired) electrons. The molecule has 15 heteroatoms. The Hall–Kier alpha value is -2.94. The number of carbonyl (C=O) groups is 2. The number of halogens is 8. The van der Waals surface area contributed by atoms with E-state index >= 15 is 0 Å². The van der Waals surface area contributed by atoms with Crippen LogP contribution in [0, 0.1) is 11.2 Å². The molecule has 2 fully saturated rings. The summed E-state index contributed by atoms with van der Waals surface area (Å²) < 4.78 is 109. The Balaban J connectivity index is 1.81. The van der Waals surface area contributed by atoms with Crippen molar-refractivity contribution in [1.29, 1.82) is 0 Å². The largest absolute Gasteiger partial charge is 0.351 e. The average molecular weight is 615 g/mol. The van der Waals surface area contributed by atoms with Gasteiger partial charge in [0.2, 0.25) is 17.7 Å². The van der Waals surface area contributed by atoms with Crippen molar-refractivity contribution in [3.05, 3.63) is 54.1 Å². The summed E-state index contributed by atoms with van der Waals surface area (Å²) in [5, 5.41) is 5.61. The number of benzene rings is 1. The molecule has 1 aromatic carbocycles. The molecule has 6 nitrogen and oxygen atoms in total. The lowest BCUT2D eigenvalue weighted by atomic mass is 9.83. The smallest absolute Gasteiger partial charge is 0.310 e. The number of pyridine rings is 1. The third-order valence-corrected chi connectivity index (χ3v) is 8.72. The van der Waals surface area contributed by atoms with Gasteiger partial charge in [-0.25, -0.2) is 13.2 Å². The van der Waals surface area contributed by atoms with Crippen molar-refractivity contribution in [2.45, 2.75) is 74.9 Å². The van der Waals surface area contributed by atoms with Gasteiger partial charge in [-0.2, -0.15) is 0 Å². The molecule has 1 saturated heterocycles. The van der Waals surface area contributed by atoms with Crippen molar-refractivity contribution in [3.63, 3.8) is 0 Å². The number of aromatic nitrogens is 1. The number of amides is 2. The van der Waals surface area contributed by atoms with Crippen LogP contribution in [0.2, 0.25) is 0 Å². The number of hydrogen-bond donors (Lipinski definition) is 2. The molecule has 1 aliphatic heterocycles. The highest BCUT2D eigenvalue weighted by Crippen LogP contribution is 3.02. The van der Waals surface area contributed by atoms with Gasteiger partial charge in [0, 0.05) is 36.3 Å². The van der Waals surface area contributed by atoms with Gasteiger partial charge in [0.05, 0.1) is 12.2 Å². The lowest BCUT2D eigenvalue weighted by Gasteiger charge is -2.41. The molecule has 228 valence electrons. The zero-order chi connectivity index (χ0) is 30.5. The van der Waals surface area contributed by atoms with Crippen LogP contribution in [0.4, 0.5) is 38.3 Å². The number of nitrogens with one attached hydrogen (secondary N) is 2. The molecule has 1 saturated carbocycles. The molecule has 1 aromatic heterocycles. The maximum atomic E-state index is 14.3. The van der Waals surface area contributed by atoms with Gasteiger partial charge >= 0.3 is 10.2 Å². The maximum absolute atomic E-state index is 14.3. The molecular weight excluding hydrogens is 584 g/mol. The molecule has 2 heterocycles. The second-order valence-electron chi connectivity index (χ2n) is 11.3. The number of anilines is 1. The standard InChI is InChI=1S/C26H30F8N4O2S/c1-25(2)11-12-36-22(25)24(40)38(19-3-5-20(6-4-19)41(30,31,32,33)34)21(16-13-17(27)15-35-14-16)23(39)37-18-7-9-26(28,29)10-8-18/h3-6,13-15,18,21-22,36H,7-12H2,1-2H3,(H,37,39)/t21?,22-/m0/s1. The zero-order valence-corrected chi connectivity index (χ0v) is 23.0. The van der Waals surface area contributed by atoms with E-state index in [1.165, 1.54) is 0 Å². The molecule has 2 aliphatic rings. The van der Waals surface area contributed by atoms with Crippen LogP contribution in [0.3, 0.4) is 0 Å². The Morgan fingerprint density at radius 2 is 1.63 bits per heavy atom. The molecule has 0 bridgehead atoms. The van der Waals surface area contributed by atoms with E-state index in [2.05, 4.69) is 15.6 Å². The summed E-state index contributed by atoms with van der Waals surface area (Å²) in [6.45, 7) is 3.91. The van der Waals surface area contributed by atoms with Crippen LogP contribution in [0.5, 0.6) is 0 Å². The number of nitrogens with zero attached hydrogens (tertiary/aromatic N) is 2. The molecule has 2 atom stereocenters. The van der Waals surface area contributed by atoms with Crippen LogP contribution in [0.15, 0.2) is 47.6 Å². The van der Waals surface area contributed by atoms with E-state index < -0.39 is 75.1 Å². The van der Waals surface area contributed by atoms with Crippen molar-refractivity contribution >= 4 is 27.7 Å². The minimum atomic E-state index is -10.1. The van der Waals surface area contributed by atoms with Gasteiger partial charge in [0.25, 0.3) is 0 Å². The second-order valence-corrected chi connectivity index (χ2v) is 13.7. The molecule has 4 rings (SSSR count). The third kappa shape index (κ3) is 7.11. The highest BCUT2D eigenvalue weighted by atomic mass is 32.5. The van der Waals surface area contributed by atoms with E-state index in [9.17, 15) is 42.2 Å². The minimum Gasteiger partial charge on any atom is -0.351 e. The van der Waals surface area contributed by atoms with Gasteiger partial charge in [-0.1, -0.05) is 33.3 Å². The Bertz CT molecular complexity index is 1310. The maximum Gasteiger partial charge on any atom is 0.310 e. The normalized spacial score (nSPS) is 23.2. The van der Waals surface area contributed by atoms with Crippen LogP contribution in [0.25, 0.3) is 0 Å². The van der Waals surface area contributed by atoms with Gasteiger partial charge < -0.3 is 10.6 Å². The lowest BCUT2D eigenvalue weighted by molar-refractivity contribution is -0.129. The molecule has 1 aliphatic carbocycles. The van der Waals surface area contributed by atoms with Crippen molar-refractivity contribution in [3.8, 4) is 0 Å². The third-order valence-electron chi connectivity index (χ3n) is 7.56. The predicted molar refractivity (Wildman–Crippen MR) is 138 cm³/mol. The summed E-state index contributed by atoms with van der Waals surface area (Å²) in [7, 11) is -10.1. The SMILES string of the molecule is CC1(C)CCN[C@H]1C(=O)N(c1ccc(S(F)(F)(F)(F)F)cc1)C(C(=O)NC1CCC(F)(F)CC1)c1cncc(F)c1. The van der Waals surface area contributed by atoms with E-state index in [-0.39, 0.29) is 36.2 Å². The Labute approximate surface area is 231 Å². The number of rotatable bonds is 7. The highest BCUT2D eigenvalue weighted by molar-refractivity contribution is 8.45. The van der Waals surface area contributed by atoms with Gasteiger partial charge in [-0.15, -0.1) is 0 Å². The van der Waals surface area contributed by atoms with Crippen molar-refractivity contribution in [2.75, 3.05) is 11.4 Å².